The predicted molar refractivity (Wildman–Crippen MR) is 99.6 cm³/mol. The molecule has 0 saturated carbocycles. The third kappa shape index (κ3) is 3.85. The number of aromatic nitrogens is 1. The van der Waals surface area contributed by atoms with Gasteiger partial charge in [0.15, 0.2) is 0 Å². The third-order valence-corrected chi connectivity index (χ3v) is 4.30. The molecule has 0 radical (unpaired) electrons. The number of benzene rings is 2. The van der Waals surface area contributed by atoms with Gasteiger partial charge in [-0.1, -0.05) is 18.2 Å². The average Bonchev–Trinajstić information content (AvgIpc) is 2.64. The largest absolute Gasteiger partial charge is 0.495 e. The molecule has 1 aromatic heterocycles. The lowest BCUT2D eigenvalue weighted by Gasteiger charge is -2.15. The molecule has 0 fully saturated rings. The highest BCUT2D eigenvalue weighted by atomic mass is 19.4. The molecule has 5 nitrogen and oxygen atoms in total. The Hall–Kier alpha value is -3.29. The van der Waals surface area contributed by atoms with E-state index < -0.39 is 23.2 Å². The van der Waals surface area contributed by atoms with E-state index in [2.05, 4.69) is 5.32 Å². The Kier molecular flexibility index (Phi) is 5.13. The van der Waals surface area contributed by atoms with E-state index in [-0.39, 0.29) is 12.2 Å². The highest BCUT2D eigenvalue weighted by Gasteiger charge is 2.30. The number of nitrogens with zero attached hydrogens (tertiary/aromatic N) is 1. The third-order valence-electron chi connectivity index (χ3n) is 4.30. The van der Waals surface area contributed by atoms with Crippen LogP contribution in [0.2, 0.25) is 0 Å². The molecule has 3 aromatic rings. The van der Waals surface area contributed by atoms with Crippen molar-refractivity contribution >= 4 is 22.5 Å². The number of alkyl halides is 3. The number of ether oxygens (including phenoxy) is 1. The monoisotopic (exact) mass is 390 g/mol. The Morgan fingerprint density at radius 1 is 1.14 bits per heavy atom. The number of hydrogen-bond donors (Lipinski definition) is 1. The van der Waals surface area contributed by atoms with E-state index in [1.807, 2.05) is 0 Å². The second kappa shape index (κ2) is 7.38. The fourth-order valence-electron chi connectivity index (χ4n) is 3.01. The van der Waals surface area contributed by atoms with Crippen molar-refractivity contribution in [3.8, 4) is 5.75 Å². The van der Waals surface area contributed by atoms with Gasteiger partial charge in [-0.2, -0.15) is 13.2 Å². The number of carbonyl (C=O) groups excluding carboxylic acids is 1. The molecule has 0 aliphatic rings. The number of para-hydroxylation sites is 1. The molecule has 0 aliphatic heterocycles. The van der Waals surface area contributed by atoms with Crippen LogP contribution >= 0.6 is 0 Å². The fourth-order valence-corrected chi connectivity index (χ4v) is 3.01. The van der Waals surface area contributed by atoms with Crippen molar-refractivity contribution in [2.45, 2.75) is 19.6 Å². The smallest absolute Gasteiger partial charge is 0.416 e. The first-order valence-corrected chi connectivity index (χ1v) is 8.35. The van der Waals surface area contributed by atoms with Gasteiger partial charge in [0.2, 0.25) is 5.91 Å². The van der Waals surface area contributed by atoms with Gasteiger partial charge >= 0.3 is 6.18 Å². The van der Waals surface area contributed by atoms with Crippen LogP contribution in [0.3, 0.4) is 0 Å². The Bertz CT molecular complexity index is 1100. The zero-order chi connectivity index (χ0) is 20.5. The molecule has 0 spiro atoms. The summed E-state index contributed by atoms with van der Waals surface area (Å²) in [6, 6.07) is 11.0. The molecule has 1 amide bonds. The summed E-state index contributed by atoms with van der Waals surface area (Å²) in [6.07, 6.45) is -4.52. The lowest BCUT2D eigenvalue weighted by Crippen LogP contribution is -2.28. The van der Waals surface area contributed by atoms with Gasteiger partial charge in [-0.05, 0) is 36.8 Å². The number of amides is 1. The van der Waals surface area contributed by atoms with Crippen LogP contribution in [-0.2, 0) is 17.5 Å². The van der Waals surface area contributed by atoms with Crippen LogP contribution in [0.5, 0.6) is 5.75 Å². The highest BCUT2D eigenvalue weighted by molar-refractivity contribution is 5.93. The molecule has 2 aromatic carbocycles. The number of fused-ring (bicyclic) bond motifs is 1. The minimum absolute atomic E-state index is 0.00347. The number of halogens is 3. The minimum atomic E-state index is -4.52. The normalized spacial score (nSPS) is 11.5. The molecule has 0 atom stereocenters. The first kappa shape index (κ1) is 19.5. The Labute approximate surface area is 158 Å². The van der Waals surface area contributed by atoms with Crippen molar-refractivity contribution in [3.05, 3.63) is 70.0 Å². The van der Waals surface area contributed by atoms with Gasteiger partial charge < -0.3 is 10.1 Å². The lowest BCUT2D eigenvalue weighted by atomic mass is 10.1. The van der Waals surface area contributed by atoms with Crippen LogP contribution in [0.4, 0.5) is 18.9 Å². The highest BCUT2D eigenvalue weighted by Crippen LogP contribution is 2.31. The summed E-state index contributed by atoms with van der Waals surface area (Å²) < 4.78 is 45.0. The summed E-state index contributed by atoms with van der Waals surface area (Å²) in [5.74, 6) is -0.206. The standard InChI is InChI=1S/C20H17F3N2O3/c1-12-9-18(27)25(19-15(12)7-4-8-16(19)28-2)11-17(26)24-14-6-3-5-13(10-14)20(21,22)23/h3-10H,11H2,1-2H3,(H,24,26). The molecule has 146 valence electrons. The van der Waals surface area contributed by atoms with E-state index in [1.165, 1.54) is 29.9 Å². The number of methoxy groups -OCH3 is 1. The maximum atomic E-state index is 12.8. The first-order valence-electron chi connectivity index (χ1n) is 8.35. The maximum Gasteiger partial charge on any atom is 0.416 e. The SMILES string of the molecule is COc1cccc2c(C)cc(=O)n(CC(=O)Nc3cccc(C(F)(F)F)c3)c12. The summed E-state index contributed by atoms with van der Waals surface area (Å²) >= 11 is 0. The van der Waals surface area contributed by atoms with Crippen molar-refractivity contribution in [2.24, 2.45) is 0 Å². The van der Waals surface area contributed by atoms with Gasteiger partial charge in [-0.3, -0.25) is 14.2 Å². The van der Waals surface area contributed by atoms with Gasteiger partial charge in [-0.25, -0.2) is 0 Å². The Morgan fingerprint density at radius 2 is 1.86 bits per heavy atom. The van der Waals surface area contributed by atoms with E-state index >= 15 is 0 Å². The molecule has 28 heavy (non-hydrogen) atoms. The molecule has 0 saturated heterocycles. The summed E-state index contributed by atoms with van der Waals surface area (Å²) in [5.41, 5.74) is -0.0995. The molecular formula is C20H17F3N2O3. The first-order chi connectivity index (χ1) is 13.2. The van der Waals surface area contributed by atoms with Crippen LogP contribution < -0.4 is 15.6 Å². The second-order valence-corrected chi connectivity index (χ2v) is 6.23. The quantitative estimate of drug-likeness (QED) is 0.733. The van der Waals surface area contributed by atoms with Gasteiger partial charge in [0.25, 0.3) is 5.56 Å². The number of anilines is 1. The lowest BCUT2D eigenvalue weighted by molar-refractivity contribution is -0.137. The van der Waals surface area contributed by atoms with Crippen molar-refractivity contribution < 1.29 is 22.7 Å². The predicted octanol–water partition coefficient (Wildman–Crippen LogP) is 3.98. The van der Waals surface area contributed by atoms with Crippen molar-refractivity contribution in [1.82, 2.24) is 4.57 Å². The van der Waals surface area contributed by atoms with Gasteiger partial charge in [0.05, 0.1) is 18.2 Å². The van der Waals surface area contributed by atoms with Crippen LogP contribution in [0.15, 0.2) is 53.3 Å². The number of hydrogen-bond acceptors (Lipinski definition) is 3. The van der Waals surface area contributed by atoms with E-state index in [9.17, 15) is 22.8 Å². The van der Waals surface area contributed by atoms with Crippen LogP contribution in [-0.4, -0.2) is 17.6 Å². The molecule has 8 heteroatoms. The maximum absolute atomic E-state index is 12.8. The van der Waals surface area contributed by atoms with Crippen LogP contribution in [0.1, 0.15) is 11.1 Å². The molecule has 1 N–H and O–H groups in total. The molecular weight excluding hydrogens is 373 g/mol. The van der Waals surface area contributed by atoms with Crippen LogP contribution in [0.25, 0.3) is 10.9 Å². The van der Waals surface area contributed by atoms with Crippen molar-refractivity contribution in [2.75, 3.05) is 12.4 Å². The summed E-state index contributed by atoms with van der Waals surface area (Å²) in [5, 5.41) is 3.15. The molecule has 1 heterocycles. The summed E-state index contributed by atoms with van der Waals surface area (Å²) in [4.78, 5) is 24.9. The number of rotatable bonds is 4. The number of aryl methyl sites for hydroxylation is 1. The van der Waals surface area contributed by atoms with Gasteiger partial charge in [0.1, 0.15) is 12.3 Å². The van der Waals surface area contributed by atoms with E-state index in [1.54, 1.807) is 25.1 Å². The van der Waals surface area contributed by atoms with Crippen molar-refractivity contribution in [3.63, 3.8) is 0 Å². The van der Waals surface area contributed by atoms with E-state index in [0.717, 1.165) is 23.1 Å². The Balaban J connectivity index is 1.95. The summed E-state index contributed by atoms with van der Waals surface area (Å²) in [6.45, 7) is 1.41. The zero-order valence-corrected chi connectivity index (χ0v) is 15.1. The molecule has 0 bridgehead atoms. The number of pyridine rings is 1. The van der Waals surface area contributed by atoms with Gasteiger partial charge in [0, 0.05) is 17.1 Å². The molecule has 3 rings (SSSR count). The van der Waals surface area contributed by atoms with E-state index in [4.69, 9.17) is 4.74 Å². The van der Waals surface area contributed by atoms with Crippen LogP contribution in [0, 0.1) is 6.92 Å². The molecule has 0 aliphatic carbocycles. The molecule has 0 unspecified atom stereocenters. The minimum Gasteiger partial charge on any atom is -0.495 e. The fraction of sp³-hybridized carbons (Fsp3) is 0.200. The number of carbonyl (C=O) groups is 1. The topological polar surface area (TPSA) is 60.3 Å². The summed E-state index contributed by atoms with van der Waals surface area (Å²) in [7, 11) is 1.45. The Morgan fingerprint density at radius 3 is 2.54 bits per heavy atom. The second-order valence-electron chi connectivity index (χ2n) is 6.23. The van der Waals surface area contributed by atoms with Gasteiger partial charge in [-0.15, -0.1) is 0 Å². The average molecular weight is 390 g/mol. The van der Waals surface area contributed by atoms with Crippen molar-refractivity contribution in [1.29, 1.82) is 0 Å². The van der Waals surface area contributed by atoms with E-state index in [0.29, 0.717) is 11.3 Å². The number of nitrogens with one attached hydrogen (secondary N) is 1. The zero-order valence-electron chi connectivity index (χ0n) is 15.1.